The van der Waals surface area contributed by atoms with Gasteiger partial charge in [0, 0.05) is 17.1 Å². The minimum Gasteiger partial charge on any atom is -0.497 e. The summed E-state index contributed by atoms with van der Waals surface area (Å²) in [6.45, 7) is 0. The molecule has 0 aliphatic carbocycles. The number of hydrogen-bond acceptors (Lipinski definition) is 4. The molecule has 0 aromatic heterocycles. The van der Waals surface area contributed by atoms with Crippen LogP contribution in [0.1, 0.15) is 0 Å². The Morgan fingerprint density at radius 2 is 1.00 bits per heavy atom. The van der Waals surface area contributed by atoms with Gasteiger partial charge in [-0.2, -0.15) is 0 Å². The zero-order valence-electron chi connectivity index (χ0n) is 14.9. The van der Waals surface area contributed by atoms with Gasteiger partial charge in [-0.1, -0.05) is 0 Å². The van der Waals surface area contributed by atoms with Gasteiger partial charge >= 0.3 is 7.60 Å². The number of nitrogens with zero attached hydrogens (tertiary/aromatic N) is 1. The summed E-state index contributed by atoms with van der Waals surface area (Å²) in [7, 11) is -1.07. The molecule has 0 radical (unpaired) electrons. The fraction of sp³-hybridized carbons (Fsp3) is 0.100. The first-order valence-electron chi connectivity index (χ1n) is 8.17. The van der Waals surface area contributed by atoms with Crippen molar-refractivity contribution in [3.8, 4) is 11.5 Å². The van der Waals surface area contributed by atoms with Crippen LogP contribution < -0.4 is 19.7 Å². The third-order valence-corrected chi connectivity index (χ3v) is 5.08. The fourth-order valence-electron chi connectivity index (χ4n) is 2.71. The number of hydrogen-bond donors (Lipinski definition) is 2. The number of methoxy groups -OCH3 is 2. The SMILES string of the molecule is COc1ccc(N(c2ccc(OC)cc2)c2ccc(P(=O)(O)O)cc2)cc1. The first-order valence-corrected chi connectivity index (χ1v) is 9.78. The Kier molecular flexibility index (Phi) is 5.51. The molecule has 140 valence electrons. The summed E-state index contributed by atoms with van der Waals surface area (Å²) in [4.78, 5) is 20.6. The van der Waals surface area contributed by atoms with Crippen molar-refractivity contribution in [2.45, 2.75) is 0 Å². The molecule has 0 unspecified atom stereocenters. The Hall–Kier alpha value is -2.79. The highest BCUT2D eigenvalue weighted by Crippen LogP contribution is 2.38. The molecule has 2 N–H and O–H groups in total. The Balaban J connectivity index is 2.06. The second-order valence-corrected chi connectivity index (χ2v) is 7.40. The minimum atomic E-state index is -4.29. The average Bonchev–Trinajstić information content (AvgIpc) is 2.69. The molecule has 0 saturated heterocycles. The van der Waals surface area contributed by atoms with E-state index in [1.807, 2.05) is 53.4 Å². The van der Waals surface area contributed by atoms with Gasteiger partial charge in [-0.25, -0.2) is 0 Å². The van der Waals surface area contributed by atoms with Gasteiger partial charge in [0.15, 0.2) is 0 Å². The van der Waals surface area contributed by atoms with Crippen molar-refractivity contribution in [2.24, 2.45) is 0 Å². The molecule has 0 atom stereocenters. The molecule has 3 aromatic rings. The Bertz CT molecular complexity index is 886. The highest BCUT2D eigenvalue weighted by molar-refractivity contribution is 7.60. The van der Waals surface area contributed by atoms with Gasteiger partial charge in [0.25, 0.3) is 0 Å². The molecule has 6 nitrogen and oxygen atoms in total. The maximum atomic E-state index is 11.4. The fourth-order valence-corrected chi connectivity index (χ4v) is 3.24. The molecule has 7 heteroatoms. The topological polar surface area (TPSA) is 79.2 Å². The third kappa shape index (κ3) is 4.31. The van der Waals surface area contributed by atoms with Gasteiger partial charge in [0.2, 0.25) is 0 Å². The maximum absolute atomic E-state index is 11.4. The third-order valence-electron chi connectivity index (χ3n) is 4.11. The first-order chi connectivity index (χ1) is 12.9. The summed E-state index contributed by atoms with van der Waals surface area (Å²) in [6.07, 6.45) is 0. The van der Waals surface area contributed by atoms with Gasteiger partial charge in [0.05, 0.1) is 19.5 Å². The quantitative estimate of drug-likeness (QED) is 0.625. The minimum absolute atomic E-state index is 0.0179. The molecule has 0 bridgehead atoms. The van der Waals surface area contributed by atoms with Crippen LogP contribution in [0.3, 0.4) is 0 Å². The van der Waals surface area contributed by atoms with E-state index in [2.05, 4.69) is 0 Å². The Morgan fingerprint density at radius 1 is 0.667 bits per heavy atom. The molecule has 3 rings (SSSR count). The Labute approximate surface area is 157 Å². The smallest absolute Gasteiger partial charge is 0.356 e. The van der Waals surface area contributed by atoms with Crippen molar-refractivity contribution < 1.29 is 23.8 Å². The van der Waals surface area contributed by atoms with Crippen LogP contribution in [-0.4, -0.2) is 24.0 Å². The number of ether oxygens (including phenoxy) is 2. The van der Waals surface area contributed by atoms with Crippen LogP contribution in [0.15, 0.2) is 72.8 Å². The van der Waals surface area contributed by atoms with Gasteiger partial charge < -0.3 is 24.2 Å². The molecule has 3 aromatic carbocycles. The van der Waals surface area contributed by atoms with Crippen LogP contribution in [0.2, 0.25) is 0 Å². The van der Waals surface area contributed by atoms with Crippen LogP contribution in [0.5, 0.6) is 11.5 Å². The van der Waals surface area contributed by atoms with Crippen LogP contribution in [0.25, 0.3) is 0 Å². The van der Waals surface area contributed by atoms with E-state index in [1.54, 1.807) is 26.4 Å². The predicted molar refractivity (Wildman–Crippen MR) is 106 cm³/mol. The zero-order chi connectivity index (χ0) is 19.4. The molecule has 0 heterocycles. The average molecular weight is 385 g/mol. The van der Waals surface area contributed by atoms with Gasteiger partial charge in [0.1, 0.15) is 11.5 Å². The van der Waals surface area contributed by atoms with Crippen molar-refractivity contribution in [1.82, 2.24) is 0 Å². The van der Waals surface area contributed by atoms with Crippen LogP contribution in [0, 0.1) is 0 Å². The van der Waals surface area contributed by atoms with E-state index < -0.39 is 7.60 Å². The van der Waals surface area contributed by atoms with Crippen molar-refractivity contribution in [2.75, 3.05) is 19.1 Å². The van der Waals surface area contributed by atoms with Crippen molar-refractivity contribution in [3.05, 3.63) is 72.8 Å². The van der Waals surface area contributed by atoms with Crippen LogP contribution in [-0.2, 0) is 4.57 Å². The van der Waals surface area contributed by atoms with E-state index in [4.69, 9.17) is 9.47 Å². The van der Waals surface area contributed by atoms with Gasteiger partial charge in [-0.3, -0.25) is 4.57 Å². The molecule has 0 aliphatic rings. The van der Waals surface area contributed by atoms with Gasteiger partial charge in [-0.05, 0) is 72.8 Å². The summed E-state index contributed by atoms with van der Waals surface area (Å²) in [5, 5.41) is -0.0179. The predicted octanol–water partition coefficient (Wildman–Crippen LogP) is 3.98. The molecular formula is C20H20NO5P. The Morgan fingerprint density at radius 3 is 1.30 bits per heavy atom. The van der Waals surface area contributed by atoms with E-state index in [1.165, 1.54) is 12.1 Å². The second-order valence-electron chi connectivity index (χ2n) is 5.79. The molecule has 0 spiro atoms. The van der Waals surface area contributed by atoms with Crippen molar-refractivity contribution in [3.63, 3.8) is 0 Å². The number of benzene rings is 3. The van der Waals surface area contributed by atoms with Crippen LogP contribution in [0.4, 0.5) is 17.1 Å². The normalized spacial score (nSPS) is 11.1. The highest BCUT2D eigenvalue weighted by atomic mass is 31.2. The number of rotatable bonds is 6. The summed E-state index contributed by atoms with van der Waals surface area (Å²) in [5.74, 6) is 1.48. The molecular weight excluding hydrogens is 365 g/mol. The summed E-state index contributed by atoms with van der Waals surface area (Å²) < 4.78 is 21.9. The highest BCUT2D eigenvalue weighted by Gasteiger charge is 2.18. The second kappa shape index (κ2) is 7.84. The lowest BCUT2D eigenvalue weighted by molar-refractivity contribution is 0.387. The summed E-state index contributed by atoms with van der Waals surface area (Å²) in [6, 6.07) is 21.3. The standard InChI is InChI=1S/C20H20NO5P/c1-25-18-9-3-15(4-10-18)21(16-5-11-19(26-2)12-6-16)17-7-13-20(14-8-17)27(22,23)24/h3-14H,1-2H3,(H2,22,23,24). The van der Waals surface area contributed by atoms with E-state index in [-0.39, 0.29) is 5.30 Å². The maximum Gasteiger partial charge on any atom is 0.356 e. The summed E-state index contributed by atoms with van der Waals surface area (Å²) in [5.41, 5.74) is 2.53. The molecule has 0 amide bonds. The molecule has 0 aliphatic heterocycles. The van der Waals surface area contributed by atoms with Crippen LogP contribution >= 0.6 is 7.60 Å². The largest absolute Gasteiger partial charge is 0.497 e. The van der Waals surface area contributed by atoms with E-state index in [0.29, 0.717) is 0 Å². The van der Waals surface area contributed by atoms with E-state index in [0.717, 1.165) is 28.6 Å². The zero-order valence-corrected chi connectivity index (χ0v) is 15.8. The lowest BCUT2D eigenvalue weighted by Gasteiger charge is -2.26. The molecule has 27 heavy (non-hydrogen) atoms. The van der Waals surface area contributed by atoms with Gasteiger partial charge in [-0.15, -0.1) is 0 Å². The summed E-state index contributed by atoms with van der Waals surface area (Å²) >= 11 is 0. The number of anilines is 3. The molecule has 0 saturated carbocycles. The first kappa shape index (κ1) is 19.0. The lowest BCUT2D eigenvalue weighted by atomic mass is 10.2. The van der Waals surface area contributed by atoms with Crippen molar-refractivity contribution in [1.29, 1.82) is 0 Å². The lowest BCUT2D eigenvalue weighted by Crippen LogP contribution is -2.11. The monoisotopic (exact) mass is 385 g/mol. The van der Waals surface area contributed by atoms with Crippen molar-refractivity contribution >= 4 is 30.0 Å². The van der Waals surface area contributed by atoms with E-state index >= 15 is 0 Å². The van der Waals surface area contributed by atoms with E-state index in [9.17, 15) is 14.4 Å². The molecule has 0 fully saturated rings.